The highest BCUT2D eigenvalue weighted by atomic mass is 79.9. The molecule has 0 radical (unpaired) electrons. The van der Waals surface area contributed by atoms with Crippen molar-refractivity contribution in [2.45, 2.75) is 17.9 Å². The Bertz CT molecular complexity index is 478. The minimum absolute atomic E-state index is 0.173. The average molecular weight is 312 g/mol. The van der Waals surface area contributed by atoms with Crippen molar-refractivity contribution in [3.63, 3.8) is 0 Å². The molecule has 0 amide bonds. The highest BCUT2D eigenvalue weighted by Gasteiger charge is 2.18. The van der Waals surface area contributed by atoms with E-state index < -0.39 is 21.9 Å². The summed E-state index contributed by atoms with van der Waals surface area (Å²) in [6.45, 7) is 1.19. The Kier molecular flexibility index (Phi) is 4.43. The van der Waals surface area contributed by atoms with Crippen molar-refractivity contribution in [3.05, 3.63) is 28.5 Å². The van der Waals surface area contributed by atoms with Gasteiger partial charge >= 0.3 is 0 Å². The zero-order chi connectivity index (χ0) is 12.3. The van der Waals surface area contributed by atoms with Crippen molar-refractivity contribution in [1.29, 1.82) is 0 Å². The van der Waals surface area contributed by atoms with Crippen LogP contribution in [0.4, 0.5) is 4.39 Å². The summed E-state index contributed by atoms with van der Waals surface area (Å²) >= 11 is 2.93. The Morgan fingerprint density at radius 1 is 1.56 bits per heavy atom. The SMILES string of the molecule is C[C@H](CO)NS(=O)(=O)c1ccc(Br)c(F)c1. The zero-order valence-corrected chi connectivity index (χ0v) is 10.8. The lowest BCUT2D eigenvalue weighted by atomic mass is 10.3. The molecule has 0 saturated carbocycles. The van der Waals surface area contributed by atoms with Crippen LogP contribution in [0.2, 0.25) is 0 Å². The van der Waals surface area contributed by atoms with Crippen LogP contribution >= 0.6 is 15.9 Å². The first-order chi connectivity index (χ1) is 7.36. The van der Waals surface area contributed by atoms with E-state index in [1.807, 2.05) is 0 Å². The summed E-state index contributed by atoms with van der Waals surface area (Å²) in [7, 11) is -3.78. The van der Waals surface area contributed by atoms with E-state index in [9.17, 15) is 12.8 Å². The van der Waals surface area contributed by atoms with Gasteiger partial charge in [-0.25, -0.2) is 17.5 Å². The minimum Gasteiger partial charge on any atom is -0.395 e. The third-order valence-corrected chi connectivity index (χ3v) is 4.06. The van der Waals surface area contributed by atoms with Gasteiger partial charge in [0.15, 0.2) is 0 Å². The van der Waals surface area contributed by atoms with Crippen molar-refractivity contribution in [3.8, 4) is 0 Å². The van der Waals surface area contributed by atoms with Crippen LogP contribution in [-0.2, 0) is 10.0 Å². The van der Waals surface area contributed by atoms with Gasteiger partial charge in [0.2, 0.25) is 10.0 Å². The molecular formula is C9H11BrFNO3S. The molecule has 0 spiro atoms. The van der Waals surface area contributed by atoms with E-state index in [0.29, 0.717) is 0 Å². The maximum atomic E-state index is 13.1. The van der Waals surface area contributed by atoms with Crippen LogP contribution in [0.1, 0.15) is 6.92 Å². The fourth-order valence-corrected chi connectivity index (χ4v) is 2.51. The van der Waals surface area contributed by atoms with E-state index in [4.69, 9.17) is 5.11 Å². The lowest BCUT2D eigenvalue weighted by Crippen LogP contribution is -2.35. The van der Waals surface area contributed by atoms with Crippen LogP contribution < -0.4 is 4.72 Å². The van der Waals surface area contributed by atoms with Gasteiger partial charge < -0.3 is 5.11 Å². The number of benzene rings is 1. The number of aliphatic hydroxyl groups is 1. The number of sulfonamides is 1. The summed E-state index contributed by atoms with van der Waals surface area (Å²) in [4.78, 5) is -0.173. The second kappa shape index (κ2) is 5.22. The Balaban J connectivity index is 3.03. The first-order valence-electron chi connectivity index (χ1n) is 4.45. The van der Waals surface area contributed by atoms with E-state index in [-0.39, 0.29) is 16.0 Å². The molecule has 0 bridgehead atoms. The van der Waals surface area contributed by atoms with Gasteiger partial charge in [0, 0.05) is 6.04 Å². The minimum atomic E-state index is -3.78. The molecule has 16 heavy (non-hydrogen) atoms. The molecule has 4 nitrogen and oxygen atoms in total. The largest absolute Gasteiger partial charge is 0.395 e. The molecule has 7 heteroatoms. The molecule has 0 aliphatic heterocycles. The number of aliphatic hydroxyl groups excluding tert-OH is 1. The smallest absolute Gasteiger partial charge is 0.240 e. The summed E-state index contributed by atoms with van der Waals surface area (Å²) in [6.07, 6.45) is 0. The standard InChI is InChI=1S/C9H11BrFNO3S/c1-6(5-13)12-16(14,15)7-2-3-8(10)9(11)4-7/h2-4,6,12-13H,5H2,1H3/t6-/m1/s1. The van der Waals surface area contributed by atoms with Crippen LogP contribution in [0.3, 0.4) is 0 Å². The second-order valence-electron chi connectivity index (χ2n) is 3.28. The van der Waals surface area contributed by atoms with Crippen molar-refractivity contribution in [1.82, 2.24) is 4.72 Å². The Morgan fingerprint density at radius 3 is 2.69 bits per heavy atom. The number of hydrogen-bond donors (Lipinski definition) is 2. The Morgan fingerprint density at radius 2 is 2.19 bits per heavy atom. The van der Waals surface area contributed by atoms with Crippen LogP contribution in [0.5, 0.6) is 0 Å². The molecule has 1 atom stereocenters. The van der Waals surface area contributed by atoms with E-state index in [1.165, 1.54) is 19.1 Å². The normalized spacial score (nSPS) is 13.8. The summed E-state index contributed by atoms with van der Waals surface area (Å²) in [5, 5.41) is 8.74. The molecule has 0 aliphatic rings. The van der Waals surface area contributed by atoms with E-state index in [1.54, 1.807) is 0 Å². The number of nitrogens with one attached hydrogen (secondary N) is 1. The molecule has 0 fully saturated rings. The highest BCUT2D eigenvalue weighted by molar-refractivity contribution is 9.10. The van der Waals surface area contributed by atoms with Crippen LogP contribution in [0, 0.1) is 5.82 Å². The molecule has 0 saturated heterocycles. The molecule has 0 aliphatic carbocycles. The molecule has 0 unspecified atom stereocenters. The fourth-order valence-electron chi connectivity index (χ4n) is 1.01. The summed E-state index contributed by atoms with van der Waals surface area (Å²) in [5.41, 5.74) is 0. The van der Waals surface area contributed by atoms with Gasteiger partial charge in [-0.15, -0.1) is 0 Å². The molecule has 90 valence electrons. The summed E-state index contributed by atoms with van der Waals surface area (Å²) in [6, 6.07) is 2.89. The predicted octanol–water partition coefficient (Wildman–Crippen LogP) is 1.25. The van der Waals surface area contributed by atoms with E-state index in [2.05, 4.69) is 20.7 Å². The number of rotatable bonds is 4. The highest BCUT2D eigenvalue weighted by Crippen LogP contribution is 2.19. The Labute approximate surface area is 102 Å². The average Bonchev–Trinajstić information content (AvgIpc) is 2.21. The second-order valence-corrected chi connectivity index (χ2v) is 5.85. The van der Waals surface area contributed by atoms with E-state index >= 15 is 0 Å². The lowest BCUT2D eigenvalue weighted by molar-refractivity contribution is 0.265. The molecule has 2 N–H and O–H groups in total. The molecule has 1 aromatic carbocycles. The Hall–Kier alpha value is -0.500. The summed E-state index contributed by atoms with van der Waals surface area (Å²) < 4.78 is 38.9. The third kappa shape index (κ3) is 3.24. The maximum Gasteiger partial charge on any atom is 0.240 e. The van der Waals surface area contributed by atoms with Crippen LogP contribution in [-0.4, -0.2) is 26.2 Å². The molecule has 0 heterocycles. The van der Waals surface area contributed by atoms with Crippen LogP contribution in [0.25, 0.3) is 0 Å². The quantitative estimate of drug-likeness (QED) is 0.879. The van der Waals surface area contributed by atoms with Crippen molar-refractivity contribution >= 4 is 26.0 Å². The lowest BCUT2D eigenvalue weighted by Gasteiger charge is -2.11. The van der Waals surface area contributed by atoms with Crippen molar-refractivity contribution in [2.75, 3.05) is 6.61 Å². The fraction of sp³-hybridized carbons (Fsp3) is 0.333. The van der Waals surface area contributed by atoms with Crippen LogP contribution in [0.15, 0.2) is 27.6 Å². The van der Waals surface area contributed by atoms with Gasteiger partial charge in [-0.05, 0) is 41.1 Å². The van der Waals surface area contributed by atoms with E-state index in [0.717, 1.165) is 6.07 Å². The maximum absolute atomic E-state index is 13.1. The van der Waals surface area contributed by atoms with Crippen molar-refractivity contribution < 1.29 is 17.9 Å². The first kappa shape index (κ1) is 13.6. The van der Waals surface area contributed by atoms with Gasteiger partial charge in [-0.1, -0.05) is 0 Å². The predicted molar refractivity (Wildman–Crippen MR) is 61.0 cm³/mol. The monoisotopic (exact) mass is 311 g/mol. The van der Waals surface area contributed by atoms with Gasteiger partial charge in [-0.2, -0.15) is 0 Å². The molecule has 1 rings (SSSR count). The number of hydrogen-bond acceptors (Lipinski definition) is 3. The zero-order valence-electron chi connectivity index (χ0n) is 8.44. The van der Waals surface area contributed by atoms with Gasteiger partial charge in [0.1, 0.15) is 5.82 Å². The molecule has 1 aromatic rings. The van der Waals surface area contributed by atoms with Gasteiger partial charge in [0.05, 0.1) is 16.0 Å². The molecule has 0 aromatic heterocycles. The van der Waals surface area contributed by atoms with Crippen molar-refractivity contribution in [2.24, 2.45) is 0 Å². The third-order valence-electron chi connectivity index (χ3n) is 1.83. The topological polar surface area (TPSA) is 66.4 Å². The first-order valence-corrected chi connectivity index (χ1v) is 6.72. The summed E-state index contributed by atoms with van der Waals surface area (Å²) in [5.74, 6) is -0.653. The molecular weight excluding hydrogens is 301 g/mol. The number of halogens is 2. The van der Waals surface area contributed by atoms with Gasteiger partial charge in [0.25, 0.3) is 0 Å². The van der Waals surface area contributed by atoms with Gasteiger partial charge in [-0.3, -0.25) is 0 Å².